The molecule has 108 valence electrons. The van der Waals surface area contributed by atoms with E-state index < -0.39 is 0 Å². The van der Waals surface area contributed by atoms with Gasteiger partial charge in [-0.3, -0.25) is 9.97 Å². The number of benzene rings is 1. The van der Waals surface area contributed by atoms with E-state index >= 15 is 0 Å². The molecule has 0 radical (unpaired) electrons. The van der Waals surface area contributed by atoms with E-state index in [1.165, 1.54) is 0 Å². The molecule has 0 aliphatic heterocycles. The van der Waals surface area contributed by atoms with Crippen molar-refractivity contribution in [3.05, 3.63) is 36.5 Å². The molecule has 1 unspecified atom stereocenters. The topological polar surface area (TPSA) is 90.7 Å². The van der Waals surface area contributed by atoms with E-state index in [9.17, 15) is 0 Å². The molecule has 21 heavy (non-hydrogen) atoms. The van der Waals surface area contributed by atoms with Crippen LogP contribution in [0.25, 0.3) is 22.4 Å². The Morgan fingerprint density at radius 2 is 1.90 bits per heavy atom. The van der Waals surface area contributed by atoms with E-state index in [1.54, 1.807) is 12.4 Å². The lowest BCUT2D eigenvalue weighted by atomic mass is 10.0. The fourth-order valence-electron chi connectivity index (χ4n) is 2.21. The second-order valence-electron chi connectivity index (χ2n) is 5.45. The monoisotopic (exact) mass is 283 g/mol. The Bertz CT molecular complexity index is 752. The average molecular weight is 283 g/mol. The van der Waals surface area contributed by atoms with Crippen LogP contribution in [-0.4, -0.2) is 20.1 Å². The smallest absolute Gasteiger partial charge is 0.243 e. The molecule has 1 atom stereocenters. The number of rotatable bonds is 4. The fourth-order valence-corrected chi connectivity index (χ4v) is 2.21. The lowest BCUT2D eigenvalue weighted by Gasteiger charge is -2.08. The van der Waals surface area contributed by atoms with Gasteiger partial charge in [0, 0.05) is 18.0 Å². The maximum atomic E-state index is 6.06. The highest BCUT2D eigenvalue weighted by atomic mass is 16.5. The molecule has 6 nitrogen and oxygen atoms in total. The van der Waals surface area contributed by atoms with Crippen LogP contribution >= 0.6 is 0 Å². The predicted octanol–water partition coefficient (Wildman–Crippen LogP) is 2.73. The van der Waals surface area contributed by atoms with Crippen molar-refractivity contribution in [3.63, 3.8) is 0 Å². The van der Waals surface area contributed by atoms with Crippen molar-refractivity contribution in [2.24, 2.45) is 11.7 Å². The van der Waals surface area contributed by atoms with Crippen LogP contribution in [0.3, 0.4) is 0 Å². The molecule has 0 spiro atoms. The van der Waals surface area contributed by atoms with Gasteiger partial charge in [0.05, 0.1) is 17.1 Å². The minimum Gasteiger partial charge on any atom is -0.337 e. The lowest BCUT2D eigenvalue weighted by molar-refractivity contribution is 0.335. The Morgan fingerprint density at radius 1 is 1.14 bits per heavy atom. The lowest BCUT2D eigenvalue weighted by Crippen LogP contribution is -2.13. The number of hydrogen-bond donors (Lipinski definition) is 1. The molecule has 0 aliphatic rings. The van der Waals surface area contributed by atoms with Gasteiger partial charge in [-0.25, -0.2) is 0 Å². The Balaban J connectivity index is 1.90. The van der Waals surface area contributed by atoms with Crippen LogP contribution < -0.4 is 5.73 Å². The fraction of sp³-hybridized carbons (Fsp3) is 0.333. The third-order valence-corrected chi connectivity index (χ3v) is 3.21. The van der Waals surface area contributed by atoms with Gasteiger partial charge in [0.15, 0.2) is 0 Å². The van der Waals surface area contributed by atoms with Crippen LogP contribution in [0.4, 0.5) is 0 Å². The highest BCUT2D eigenvalue weighted by molar-refractivity contribution is 5.79. The summed E-state index contributed by atoms with van der Waals surface area (Å²) in [5.74, 6) is 1.47. The van der Waals surface area contributed by atoms with Crippen LogP contribution in [0, 0.1) is 5.92 Å². The van der Waals surface area contributed by atoms with E-state index in [1.807, 2.05) is 18.2 Å². The molecule has 6 heteroatoms. The Hall–Kier alpha value is -2.34. The van der Waals surface area contributed by atoms with Gasteiger partial charge < -0.3 is 10.3 Å². The summed E-state index contributed by atoms with van der Waals surface area (Å²) in [6.45, 7) is 4.22. The second-order valence-corrected chi connectivity index (χ2v) is 5.45. The summed E-state index contributed by atoms with van der Waals surface area (Å²) in [6, 6.07) is 5.46. The molecule has 0 fully saturated rings. The summed E-state index contributed by atoms with van der Waals surface area (Å²) < 4.78 is 5.27. The molecule has 2 heterocycles. The van der Waals surface area contributed by atoms with E-state index in [-0.39, 0.29) is 6.04 Å². The van der Waals surface area contributed by atoms with E-state index in [0.717, 1.165) is 23.0 Å². The zero-order chi connectivity index (χ0) is 14.8. The molecule has 0 saturated heterocycles. The van der Waals surface area contributed by atoms with Crippen molar-refractivity contribution in [2.75, 3.05) is 0 Å². The van der Waals surface area contributed by atoms with Crippen molar-refractivity contribution >= 4 is 11.0 Å². The molecule has 0 amide bonds. The first-order valence-electron chi connectivity index (χ1n) is 6.94. The number of fused-ring (bicyclic) bond motifs is 1. The number of aromatic nitrogens is 4. The largest absolute Gasteiger partial charge is 0.337 e. The average Bonchev–Trinajstić information content (AvgIpc) is 2.96. The van der Waals surface area contributed by atoms with Gasteiger partial charge in [0.2, 0.25) is 11.7 Å². The first kappa shape index (κ1) is 13.6. The normalized spacial score (nSPS) is 13.0. The van der Waals surface area contributed by atoms with Crippen LogP contribution in [-0.2, 0) is 0 Å². The molecular formula is C15H17N5O. The van der Waals surface area contributed by atoms with Crippen molar-refractivity contribution in [1.82, 2.24) is 20.1 Å². The van der Waals surface area contributed by atoms with E-state index in [4.69, 9.17) is 10.3 Å². The zero-order valence-corrected chi connectivity index (χ0v) is 12.0. The van der Waals surface area contributed by atoms with Gasteiger partial charge in [-0.2, -0.15) is 4.98 Å². The molecule has 2 aromatic heterocycles. The zero-order valence-electron chi connectivity index (χ0n) is 12.0. The van der Waals surface area contributed by atoms with Crippen molar-refractivity contribution in [1.29, 1.82) is 0 Å². The molecule has 0 bridgehead atoms. The third kappa shape index (κ3) is 2.90. The van der Waals surface area contributed by atoms with Crippen LogP contribution in [0.2, 0.25) is 0 Å². The van der Waals surface area contributed by atoms with Gasteiger partial charge >= 0.3 is 0 Å². The Kier molecular flexibility index (Phi) is 3.62. The van der Waals surface area contributed by atoms with E-state index in [0.29, 0.717) is 17.6 Å². The van der Waals surface area contributed by atoms with Crippen molar-refractivity contribution < 1.29 is 4.52 Å². The molecule has 0 saturated carbocycles. The quantitative estimate of drug-likeness (QED) is 0.791. The highest BCUT2D eigenvalue weighted by Crippen LogP contribution is 2.23. The Morgan fingerprint density at radius 3 is 2.67 bits per heavy atom. The summed E-state index contributed by atoms with van der Waals surface area (Å²) in [7, 11) is 0. The van der Waals surface area contributed by atoms with Crippen molar-refractivity contribution in [3.8, 4) is 11.4 Å². The maximum Gasteiger partial charge on any atom is 0.243 e. The van der Waals surface area contributed by atoms with Gasteiger partial charge in [-0.15, -0.1) is 0 Å². The summed E-state index contributed by atoms with van der Waals surface area (Å²) in [5, 5.41) is 4.01. The first-order chi connectivity index (χ1) is 10.1. The molecular weight excluding hydrogens is 266 g/mol. The molecule has 3 rings (SSSR count). The summed E-state index contributed by atoms with van der Waals surface area (Å²) in [4.78, 5) is 12.9. The van der Waals surface area contributed by atoms with Gasteiger partial charge in [0.25, 0.3) is 0 Å². The number of hydrogen-bond acceptors (Lipinski definition) is 6. The SMILES string of the molecule is CC(C)CC(N)c1nc(-c2ccc3nccnc3c2)no1. The van der Waals surface area contributed by atoms with Gasteiger partial charge in [-0.1, -0.05) is 19.0 Å². The van der Waals surface area contributed by atoms with Crippen LogP contribution in [0.5, 0.6) is 0 Å². The summed E-state index contributed by atoms with van der Waals surface area (Å²) in [6.07, 6.45) is 4.14. The van der Waals surface area contributed by atoms with E-state index in [2.05, 4.69) is 34.0 Å². The number of nitrogens with zero attached hydrogens (tertiary/aromatic N) is 4. The van der Waals surface area contributed by atoms with Crippen LogP contribution in [0.15, 0.2) is 35.1 Å². The molecule has 1 aromatic carbocycles. The summed E-state index contributed by atoms with van der Waals surface area (Å²) in [5.41, 5.74) is 8.54. The predicted molar refractivity (Wildman–Crippen MR) is 79.2 cm³/mol. The van der Waals surface area contributed by atoms with Gasteiger partial charge in [-0.05, 0) is 30.5 Å². The van der Waals surface area contributed by atoms with Crippen LogP contribution in [0.1, 0.15) is 32.2 Å². The number of nitrogens with two attached hydrogens (primary N) is 1. The summed E-state index contributed by atoms with van der Waals surface area (Å²) >= 11 is 0. The van der Waals surface area contributed by atoms with Gasteiger partial charge in [0.1, 0.15) is 0 Å². The minimum absolute atomic E-state index is 0.230. The second kappa shape index (κ2) is 5.57. The maximum absolute atomic E-state index is 6.06. The first-order valence-corrected chi connectivity index (χ1v) is 6.94. The molecule has 3 aromatic rings. The Labute approximate surface area is 122 Å². The highest BCUT2D eigenvalue weighted by Gasteiger charge is 2.17. The third-order valence-electron chi connectivity index (χ3n) is 3.21. The van der Waals surface area contributed by atoms with Crippen molar-refractivity contribution in [2.45, 2.75) is 26.3 Å². The molecule has 0 aliphatic carbocycles. The minimum atomic E-state index is -0.230. The molecule has 2 N–H and O–H groups in total. The standard InChI is InChI=1S/C15H17N5O/c1-9(2)7-11(16)15-19-14(20-21-15)10-3-4-12-13(8-10)18-6-5-17-12/h3-6,8-9,11H,7,16H2,1-2H3.